The van der Waals surface area contributed by atoms with Crippen LogP contribution in [0.3, 0.4) is 0 Å². The number of hydrogen-bond donors (Lipinski definition) is 1. The molecule has 35 heavy (non-hydrogen) atoms. The van der Waals surface area contributed by atoms with Crippen LogP contribution >= 0.6 is 0 Å². The summed E-state index contributed by atoms with van der Waals surface area (Å²) in [5, 5.41) is 2.97. The van der Waals surface area contributed by atoms with E-state index in [-0.39, 0.29) is 5.91 Å². The van der Waals surface area contributed by atoms with Gasteiger partial charge in [-0.05, 0) is 53.8 Å². The second-order valence-corrected chi connectivity index (χ2v) is 8.88. The number of aryl methyl sites for hydroxylation is 1. The molecule has 180 valence electrons. The molecular weight excluding hydrogens is 434 g/mol. The van der Waals surface area contributed by atoms with Crippen LogP contribution in [0.1, 0.15) is 43.1 Å². The number of hydrogen-bond acceptors (Lipinski definition) is 3. The zero-order valence-electron chi connectivity index (χ0n) is 20.5. The van der Waals surface area contributed by atoms with Crippen molar-refractivity contribution in [1.82, 2.24) is 14.9 Å². The van der Waals surface area contributed by atoms with Gasteiger partial charge in [-0.15, -0.1) is 0 Å². The number of nitrogens with one attached hydrogen (secondary N) is 1. The quantitative estimate of drug-likeness (QED) is 0.217. The molecule has 1 heterocycles. The van der Waals surface area contributed by atoms with Gasteiger partial charge in [-0.2, -0.15) is 0 Å². The van der Waals surface area contributed by atoms with Crippen LogP contribution in [0.25, 0.3) is 17.1 Å². The first-order valence-electron chi connectivity index (χ1n) is 12.3. The third-order valence-corrected chi connectivity index (χ3v) is 5.95. The van der Waals surface area contributed by atoms with Gasteiger partial charge in [0.1, 0.15) is 11.6 Å². The summed E-state index contributed by atoms with van der Waals surface area (Å²) >= 11 is 0. The van der Waals surface area contributed by atoms with Crippen LogP contribution in [-0.4, -0.2) is 28.6 Å². The largest absolute Gasteiger partial charge is 0.494 e. The molecule has 0 bridgehead atoms. The molecule has 5 nitrogen and oxygen atoms in total. The first kappa shape index (κ1) is 24.3. The molecule has 0 aliphatic rings. The van der Waals surface area contributed by atoms with Crippen LogP contribution in [0, 0.1) is 0 Å². The standard InChI is InChI=1S/C30H33N3O2/c1-23(2)25-14-16-26(17-15-25)35-22-8-21-33-28-12-7-6-11-27(28)32-29(33)19-20-31-30(34)18-13-24-9-4-3-5-10-24/h3-7,9-18,23H,8,19-22H2,1-2H3,(H,31,34)/b18-13+. The Labute approximate surface area is 207 Å². The first-order valence-corrected chi connectivity index (χ1v) is 12.3. The van der Waals surface area contributed by atoms with Gasteiger partial charge >= 0.3 is 0 Å². The second kappa shape index (κ2) is 12.0. The third-order valence-electron chi connectivity index (χ3n) is 5.95. The Morgan fingerprint density at radius 3 is 2.51 bits per heavy atom. The smallest absolute Gasteiger partial charge is 0.244 e. The number of nitrogens with zero attached hydrogens (tertiary/aromatic N) is 2. The summed E-state index contributed by atoms with van der Waals surface area (Å²) in [7, 11) is 0. The molecule has 5 heteroatoms. The molecule has 4 aromatic rings. The summed E-state index contributed by atoms with van der Waals surface area (Å²) in [4.78, 5) is 17.0. The predicted octanol–water partition coefficient (Wildman–Crippen LogP) is 6.00. The van der Waals surface area contributed by atoms with E-state index in [1.165, 1.54) is 5.56 Å². The Morgan fingerprint density at radius 1 is 1.00 bits per heavy atom. The van der Waals surface area contributed by atoms with Crippen molar-refractivity contribution < 1.29 is 9.53 Å². The van der Waals surface area contributed by atoms with E-state index in [9.17, 15) is 4.79 Å². The Kier molecular flexibility index (Phi) is 8.34. The zero-order valence-corrected chi connectivity index (χ0v) is 20.5. The first-order chi connectivity index (χ1) is 17.1. The number of benzene rings is 3. The lowest BCUT2D eigenvalue weighted by Gasteiger charge is -2.11. The average Bonchev–Trinajstić information content (AvgIpc) is 3.23. The van der Waals surface area contributed by atoms with Gasteiger partial charge in [0.25, 0.3) is 0 Å². The fraction of sp³-hybridized carbons (Fsp3) is 0.267. The van der Waals surface area contributed by atoms with Crippen LogP contribution < -0.4 is 10.1 Å². The highest BCUT2D eigenvalue weighted by molar-refractivity contribution is 5.91. The minimum Gasteiger partial charge on any atom is -0.494 e. The summed E-state index contributed by atoms with van der Waals surface area (Å²) in [6.07, 6.45) is 4.92. The highest BCUT2D eigenvalue weighted by Gasteiger charge is 2.10. The van der Waals surface area contributed by atoms with Crippen LogP contribution in [0.15, 0.2) is 84.9 Å². The Morgan fingerprint density at radius 2 is 1.74 bits per heavy atom. The fourth-order valence-electron chi connectivity index (χ4n) is 4.02. The Bertz CT molecular complexity index is 1260. The number of fused-ring (bicyclic) bond motifs is 1. The maximum atomic E-state index is 12.2. The van der Waals surface area contributed by atoms with Gasteiger partial charge in [-0.1, -0.05) is 68.4 Å². The second-order valence-electron chi connectivity index (χ2n) is 8.88. The van der Waals surface area contributed by atoms with Crippen LogP contribution in [0.4, 0.5) is 0 Å². The molecular formula is C30H33N3O2. The Balaban J connectivity index is 1.31. The number of para-hydroxylation sites is 2. The average molecular weight is 468 g/mol. The lowest BCUT2D eigenvalue weighted by atomic mass is 10.0. The molecule has 4 rings (SSSR count). The molecule has 0 unspecified atom stereocenters. The normalized spacial score (nSPS) is 11.4. The van der Waals surface area contributed by atoms with Gasteiger partial charge in [0.2, 0.25) is 5.91 Å². The van der Waals surface area contributed by atoms with Gasteiger partial charge in [-0.25, -0.2) is 4.98 Å². The van der Waals surface area contributed by atoms with Crippen molar-refractivity contribution in [2.24, 2.45) is 0 Å². The number of aromatic nitrogens is 2. The highest BCUT2D eigenvalue weighted by atomic mass is 16.5. The molecule has 0 atom stereocenters. The van der Waals surface area contributed by atoms with Gasteiger partial charge in [-0.3, -0.25) is 4.79 Å². The van der Waals surface area contributed by atoms with E-state index < -0.39 is 0 Å². The minimum atomic E-state index is -0.103. The third kappa shape index (κ3) is 6.82. The molecule has 0 saturated carbocycles. The van der Waals surface area contributed by atoms with E-state index in [0.717, 1.165) is 41.1 Å². The SMILES string of the molecule is CC(C)c1ccc(OCCCn2c(CCNC(=O)/C=C/c3ccccc3)nc3ccccc32)cc1. The van der Waals surface area contributed by atoms with Gasteiger partial charge in [0.15, 0.2) is 0 Å². The zero-order chi connectivity index (χ0) is 24.5. The van der Waals surface area contributed by atoms with Crippen molar-refractivity contribution in [3.05, 3.63) is 102 Å². The maximum Gasteiger partial charge on any atom is 0.244 e. The van der Waals surface area contributed by atoms with Crippen LogP contribution in [-0.2, 0) is 17.8 Å². The summed E-state index contributed by atoms with van der Waals surface area (Å²) in [6.45, 7) is 6.35. The molecule has 0 aliphatic carbocycles. The fourth-order valence-corrected chi connectivity index (χ4v) is 4.02. The lowest BCUT2D eigenvalue weighted by Crippen LogP contribution is -2.24. The molecule has 3 aromatic carbocycles. The summed E-state index contributed by atoms with van der Waals surface area (Å²) in [5.41, 5.74) is 4.40. The van der Waals surface area contributed by atoms with E-state index in [2.05, 4.69) is 41.9 Å². The van der Waals surface area contributed by atoms with Crippen molar-refractivity contribution in [2.45, 2.75) is 39.2 Å². The van der Waals surface area contributed by atoms with E-state index >= 15 is 0 Å². The monoisotopic (exact) mass is 467 g/mol. The van der Waals surface area contributed by atoms with Crippen LogP contribution in [0.2, 0.25) is 0 Å². The summed E-state index contributed by atoms with van der Waals surface area (Å²) in [6, 6.07) is 26.3. The predicted molar refractivity (Wildman–Crippen MR) is 143 cm³/mol. The lowest BCUT2D eigenvalue weighted by molar-refractivity contribution is -0.116. The van der Waals surface area contributed by atoms with Crippen molar-refractivity contribution >= 4 is 23.0 Å². The minimum absolute atomic E-state index is 0.103. The van der Waals surface area contributed by atoms with Crippen molar-refractivity contribution in [3.63, 3.8) is 0 Å². The van der Waals surface area contributed by atoms with E-state index in [1.807, 2.05) is 66.7 Å². The van der Waals surface area contributed by atoms with Gasteiger partial charge in [0, 0.05) is 25.6 Å². The summed E-state index contributed by atoms with van der Waals surface area (Å²) < 4.78 is 8.21. The molecule has 0 fully saturated rings. The van der Waals surface area contributed by atoms with Crippen molar-refractivity contribution in [2.75, 3.05) is 13.2 Å². The number of rotatable bonds is 11. The molecule has 0 spiro atoms. The maximum absolute atomic E-state index is 12.2. The van der Waals surface area contributed by atoms with E-state index in [4.69, 9.17) is 9.72 Å². The molecule has 1 amide bonds. The van der Waals surface area contributed by atoms with E-state index in [1.54, 1.807) is 6.08 Å². The molecule has 0 saturated heterocycles. The van der Waals surface area contributed by atoms with Gasteiger partial charge in [0.05, 0.1) is 17.6 Å². The number of carbonyl (C=O) groups is 1. The topological polar surface area (TPSA) is 56.1 Å². The van der Waals surface area contributed by atoms with Crippen molar-refractivity contribution in [3.8, 4) is 5.75 Å². The highest BCUT2D eigenvalue weighted by Crippen LogP contribution is 2.20. The van der Waals surface area contributed by atoms with Crippen molar-refractivity contribution in [1.29, 1.82) is 0 Å². The number of ether oxygens (including phenoxy) is 1. The Hall–Kier alpha value is -3.86. The number of carbonyl (C=O) groups excluding carboxylic acids is 1. The molecule has 0 radical (unpaired) electrons. The summed E-state index contributed by atoms with van der Waals surface area (Å²) in [5.74, 6) is 2.28. The number of amides is 1. The molecule has 1 N–H and O–H groups in total. The molecule has 0 aliphatic heterocycles. The van der Waals surface area contributed by atoms with E-state index in [0.29, 0.717) is 25.5 Å². The molecule has 1 aromatic heterocycles. The van der Waals surface area contributed by atoms with Crippen LogP contribution in [0.5, 0.6) is 5.75 Å². The van der Waals surface area contributed by atoms with Gasteiger partial charge < -0.3 is 14.6 Å². The number of imidazole rings is 1.